The quantitative estimate of drug-likeness (QED) is 0.658. The lowest BCUT2D eigenvalue weighted by Gasteiger charge is -2.27. The molecule has 1 aliphatic rings. The van der Waals surface area contributed by atoms with E-state index in [1.807, 2.05) is 0 Å². The van der Waals surface area contributed by atoms with E-state index in [0.717, 1.165) is 5.92 Å². The summed E-state index contributed by atoms with van der Waals surface area (Å²) in [6, 6.07) is 0. The van der Waals surface area contributed by atoms with Gasteiger partial charge in [0.15, 0.2) is 0 Å². The Bertz CT molecular complexity index is 130. The molecule has 0 amide bonds. The van der Waals surface area contributed by atoms with Crippen LogP contribution in [0.4, 0.5) is 0 Å². The Morgan fingerprint density at radius 2 is 1.93 bits per heavy atom. The van der Waals surface area contributed by atoms with Crippen molar-refractivity contribution in [1.29, 1.82) is 0 Å². The normalized spacial score (nSPS) is 19.1. The van der Waals surface area contributed by atoms with Crippen LogP contribution in [0.25, 0.3) is 0 Å². The third-order valence-corrected chi connectivity index (χ3v) is 3.17. The van der Waals surface area contributed by atoms with Gasteiger partial charge in [0.05, 0.1) is 0 Å². The zero-order chi connectivity index (χ0) is 10.2. The summed E-state index contributed by atoms with van der Waals surface area (Å²) in [7, 11) is 2.28. The molecule has 1 aliphatic heterocycles. The van der Waals surface area contributed by atoms with Crippen LogP contribution in [0.1, 0.15) is 39.0 Å². The van der Waals surface area contributed by atoms with Gasteiger partial charge >= 0.3 is 0 Å². The predicted molar refractivity (Wildman–Crippen MR) is 62.6 cm³/mol. The van der Waals surface area contributed by atoms with Crippen LogP contribution in [-0.2, 0) is 0 Å². The fraction of sp³-hybridized carbons (Fsp3) is 1.00. The van der Waals surface area contributed by atoms with Crippen molar-refractivity contribution in [3.8, 4) is 0 Å². The minimum atomic E-state index is 0.947. The Balaban J connectivity index is 2.03. The Morgan fingerprint density at radius 3 is 2.57 bits per heavy atom. The van der Waals surface area contributed by atoms with Crippen LogP contribution in [0.15, 0.2) is 0 Å². The van der Waals surface area contributed by atoms with E-state index in [9.17, 15) is 0 Å². The van der Waals surface area contributed by atoms with E-state index >= 15 is 0 Å². The lowest BCUT2D eigenvalue weighted by atomic mass is 9.97. The van der Waals surface area contributed by atoms with Gasteiger partial charge in [-0.25, -0.2) is 0 Å². The molecule has 0 bridgehead atoms. The van der Waals surface area contributed by atoms with Crippen molar-refractivity contribution in [3.63, 3.8) is 0 Å². The summed E-state index contributed by atoms with van der Waals surface area (Å²) in [5.41, 5.74) is 0. The molecule has 1 rings (SSSR count). The van der Waals surface area contributed by atoms with Gasteiger partial charge in [-0.15, -0.1) is 0 Å². The lowest BCUT2D eigenvalue weighted by Crippen LogP contribution is -2.34. The maximum atomic E-state index is 3.42. The summed E-state index contributed by atoms with van der Waals surface area (Å²) in [5, 5.41) is 3.42. The Hall–Kier alpha value is -0.0800. The number of hydrogen-bond acceptors (Lipinski definition) is 2. The monoisotopic (exact) mass is 198 g/mol. The van der Waals surface area contributed by atoms with Crippen molar-refractivity contribution < 1.29 is 0 Å². The molecule has 2 nitrogen and oxygen atoms in total. The number of nitrogens with one attached hydrogen (secondary N) is 1. The maximum absolute atomic E-state index is 3.42. The molecule has 2 heteroatoms. The average Bonchev–Trinajstić information content (AvgIpc) is 2.20. The minimum Gasteiger partial charge on any atom is -0.317 e. The largest absolute Gasteiger partial charge is 0.317 e. The van der Waals surface area contributed by atoms with Gasteiger partial charge in [0.25, 0.3) is 0 Å². The molecule has 0 aromatic carbocycles. The molecular formula is C12H26N2. The van der Waals surface area contributed by atoms with E-state index in [-0.39, 0.29) is 0 Å². The smallest absolute Gasteiger partial charge is 0.000755 e. The zero-order valence-electron chi connectivity index (χ0n) is 9.89. The Labute approximate surface area is 89.1 Å². The van der Waals surface area contributed by atoms with Gasteiger partial charge in [0.2, 0.25) is 0 Å². The number of unbranched alkanes of at least 4 members (excludes halogenated alkanes) is 2. The topological polar surface area (TPSA) is 15.3 Å². The van der Waals surface area contributed by atoms with Gasteiger partial charge < -0.3 is 10.2 Å². The number of rotatable bonds is 6. The summed E-state index contributed by atoms with van der Waals surface area (Å²) >= 11 is 0. The standard InChI is InChI=1S/C12H26N2/c1-3-4-5-10-14(2)11-12-6-8-13-9-7-12/h12-13H,3-11H2,1-2H3. The highest BCUT2D eigenvalue weighted by atomic mass is 15.1. The molecule has 84 valence electrons. The minimum absolute atomic E-state index is 0.947. The Kier molecular flexibility index (Phi) is 6.20. The van der Waals surface area contributed by atoms with Crippen LogP contribution in [0.3, 0.4) is 0 Å². The fourth-order valence-corrected chi connectivity index (χ4v) is 2.23. The summed E-state index contributed by atoms with van der Waals surface area (Å²) < 4.78 is 0. The van der Waals surface area contributed by atoms with Crippen molar-refractivity contribution >= 4 is 0 Å². The van der Waals surface area contributed by atoms with Crippen LogP contribution < -0.4 is 5.32 Å². The van der Waals surface area contributed by atoms with Gasteiger partial charge in [0.1, 0.15) is 0 Å². The first kappa shape index (κ1) is 12.0. The average molecular weight is 198 g/mol. The molecule has 0 spiro atoms. The number of piperidine rings is 1. The first-order valence-corrected chi connectivity index (χ1v) is 6.22. The van der Waals surface area contributed by atoms with Gasteiger partial charge in [-0.1, -0.05) is 19.8 Å². The van der Waals surface area contributed by atoms with E-state index in [4.69, 9.17) is 0 Å². The van der Waals surface area contributed by atoms with Crippen molar-refractivity contribution in [2.24, 2.45) is 5.92 Å². The predicted octanol–water partition coefficient (Wildman–Crippen LogP) is 2.11. The molecule has 1 fully saturated rings. The molecule has 0 radical (unpaired) electrons. The summed E-state index contributed by atoms with van der Waals surface area (Å²) in [5.74, 6) is 0.947. The first-order chi connectivity index (χ1) is 6.83. The summed E-state index contributed by atoms with van der Waals surface area (Å²) in [4.78, 5) is 2.52. The molecule has 0 unspecified atom stereocenters. The van der Waals surface area contributed by atoms with Crippen molar-refractivity contribution in [2.75, 3.05) is 33.2 Å². The molecular weight excluding hydrogens is 172 g/mol. The van der Waals surface area contributed by atoms with E-state index in [2.05, 4.69) is 24.2 Å². The van der Waals surface area contributed by atoms with E-state index in [1.54, 1.807) is 0 Å². The van der Waals surface area contributed by atoms with Crippen LogP contribution >= 0.6 is 0 Å². The molecule has 0 aliphatic carbocycles. The van der Waals surface area contributed by atoms with Crippen molar-refractivity contribution in [3.05, 3.63) is 0 Å². The van der Waals surface area contributed by atoms with Crippen LogP contribution in [0.2, 0.25) is 0 Å². The number of nitrogens with zero attached hydrogens (tertiary/aromatic N) is 1. The molecule has 0 atom stereocenters. The van der Waals surface area contributed by atoms with Gasteiger partial charge in [-0.3, -0.25) is 0 Å². The molecule has 14 heavy (non-hydrogen) atoms. The van der Waals surface area contributed by atoms with Crippen LogP contribution in [-0.4, -0.2) is 38.1 Å². The lowest BCUT2D eigenvalue weighted by molar-refractivity contribution is 0.237. The third kappa shape index (κ3) is 4.97. The number of hydrogen-bond donors (Lipinski definition) is 1. The van der Waals surface area contributed by atoms with Gasteiger partial charge in [-0.05, 0) is 51.9 Å². The van der Waals surface area contributed by atoms with E-state index in [1.165, 1.54) is 58.3 Å². The van der Waals surface area contributed by atoms with Crippen LogP contribution in [0, 0.1) is 5.92 Å². The van der Waals surface area contributed by atoms with Gasteiger partial charge in [0, 0.05) is 6.54 Å². The maximum Gasteiger partial charge on any atom is 0.000755 e. The second-order valence-electron chi connectivity index (χ2n) is 4.66. The summed E-state index contributed by atoms with van der Waals surface area (Å²) in [6.07, 6.45) is 6.84. The second kappa shape index (κ2) is 7.24. The van der Waals surface area contributed by atoms with Crippen molar-refractivity contribution in [1.82, 2.24) is 10.2 Å². The highest BCUT2D eigenvalue weighted by Crippen LogP contribution is 2.12. The highest BCUT2D eigenvalue weighted by molar-refractivity contribution is 4.71. The Morgan fingerprint density at radius 1 is 1.21 bits per heavy atom. The molecule has 1 N–H and O–H groups in total. The molecule has 1 heterocycles. The van der Waals surface area contributed by atoms with Gasteiger partial charge in [-0.2, -0.15) is 0 Å². The third-order valence-electron chi connectivity index (χ3n) is 3.17. The first-order valence-electron chi connectivity index (χ1n) is 6.22. The van der Waals surface area contributed by atoms with Crippen LogP contribution in [0.5, 0.6) is 0 Å². The molecule has 0 saturated carbocycles. The molecule has 1 saturated heterocycles. The fourth-order valence-electron chi connectivity index (χ4n) is 2.23. The molecule has 0 aromatic heterocycles. The molecule has 0 aromatic rings. The van der Waals surface area contributed by atoms with E-state index in [0.29, 0.717) is 0 Å². The SMILES string of the molecule is CCCCCN(C)CC1CCNCC1. The highest BCUT2D eigenvalue weighted by Gasteiger charge is 2.14. The van der Waals surface area contributed by atoms with E-state index < -0.39 is 0 Å². The zero-order valence-corrected chi connectivity index (χ0v) is 9.89. The second-order valence-corrected chi connectivity index (χ2v) is 4.66. The summed E-state index contributed by atoms with van der Waals surface area (Å²) in [6.45, 7) is 7.33. The van der Waals surface area contributed by atoms with Crippen molar-refractivity contribution in [2.45, 2.75) is 39.0 Å².